The number of hydrogen-bond acceptors (Lipinski definition) is 4. The number of ether oxygens (including phenoxy) is 1. The van der Waals surface area contributed by atoms with E-state index in [1.54, 1.807) is 7.05 Å². The molecular formula is C17H19NO4S. The van der Waals surface area contributed by atoms with E-state index in [4.69, 9.17) is 4.74 Å². The van der Waals surface area contributed by atoms with Crippen molar-refractivity contribution in [2.24, 2.45) is 0 Å². The van der Waals surface area contributed by atoms with E-state index in [-0.39, 0.29) is 30.1 Å². The lowest BCUT2D eigenvalue weighted by molar-refractivity contribution is -0.133. The molecule has 3 rings (SSSR count). The van der Waals surface area contributed by atoms with Crippen molar-refractivity contribution in [1.82, 2.24) is 4.90 Å². The number of likely N-dealkylation sites (N-methyl/N-ethyl adjacent to an activating group) is 1. The zero-order chi connectivity index (χ0) is 16.4. The van der Waals surface area contributed by atoms with E-state index in [1.165, 1.54) is 4.90 Å². The molecule has 0 bridgehead atoms. The summed E-state index contributed by atoms with van der Waals surface area (Å²) in [7, 11) is -1.37. The van der Waals surface area contributed by atoms with Gasteiger partial charge in [-0.2, -0.15) is 0 Å². The first-order valence-corrected chi connectivity index (χ1v) is 9.35. The highest BCUT2D eigenvalue weighted by atomic mass is 32.2. The zero-order valence-electron chi connectivity index (χ0n) is 12.9. The Kier molecular flexibility index (Phi) is 4.26. The average molecular weight is 333 g/mol. The van der Waals surface area contributed by atoms with Crippen molar-refractivity contribution in [1.29, 1.82) is 0 Å². The number of sulfone groups is 1. The highest BCUT2D eigenvalue weighted by Gasteiger charge is 2.32. The van der Waals surface area contributed by atoms with Gasteiger partial charge in [-0.15, -0.1) is 0 Å². The van der Waals surface area contributed by atoms with Crippen LogP contribution in [0.4, 0.5) is 0 Å². The Morgan fingerprint density at radius 3 is 2.70 bits per heavy atom. The van der Waals surface area contributed by atoms with Crippen molar-refractivity contribution < 1.29 is 17.9 Å². The Balaban J connectivity index is 1.66. The van der Waals surface area contributed by atoms with E-state index in [0.29, 0.717) is 12.2 Å². The van der Waals surface area contributed by atoms with Crippen LogP contribution in [0.15, 0.2) is 42.5 Å². The normalized spacial score (nSPS) is 19.6. The van der Waals surface area contributed by atoms with Crippen LogP contribution in [0.25, 0.3) is 10.8 Å². The summed E-state index contributed by atoms with van der Waals surface area (Å²) in [4.78, 5) is 13.8. The maximum absolute atomic E-state index is 12.3. The van der Waals surface area contributed by atoms with Gasteiger partial charge in [0.25, 0.3) is 5.91 Å². The second kappa shape index (κ2) is 6.20. The molecule has 0 saturated carbocycles. The van der Waals surface area contributed by atoms with Crippen LogP contribution in [-0.4, -0.2) is 50.4 Å². The first-order chi connectivity index (χ1) is 11.0. The number of carbonyl (C=O) groups is 1. The van der Waals surface area contributed by atoms with Crippen molar-refractivity contribution >= 4 is 26.5 Å². The van der Waals surface area contributed by atoms with Crippen LogP contribution >= 0.6 is 0 Å². The maximum atomic E-state index is 12.3. The molecule has 122 valence electrons. The van der Waals surface area contributed by atoms with Gasteiger partial charge >= 0.3 is 0 Å². The van der Waals surface area contributed by atoms with Crippen LogP contribution in [0.1, 0.15) is 6.42 Å². The van der Waals surface area contributed by atoms with E-state index < -0.39 is 9.84 Å². The van der Waals surface area contributed by atoms with Crippen LogP contribution in [-0.2, 0) is 14.6 Å². The molecular weight excluding hydrogens is 314 g/mol. The summed E-state index contributed by atoms with van der Waals surface area (Å²) in [6.07, 6.45) is 0.499. The van der Waals surface area contributed by atoms with Gasteiger partial charge in [-0.1, -0.05) is 36.4 Å². The molecule has 1 heterocycles. The second-order valence-corrected chi connectivity index (χ2v) is 8.06. The molecule has 1 aliphatic heterocycles. The van der Waals surface area contributed by atoms with E-state index in [9.17, 15) is 13.2 Å². The molecule has 1 amide bonds. The molecule has 5 nitrogen and oxygen atoms in total. The quantitative estimate of drug-likeness (QED) is 0.857. The highest BCUT2D eigenvalue weighted by Crippen LogP contribution is 2.25. The Morgan fingerprint density at radius 2 is 1.96 bits per heavy atom. The van der Waals surface area contributed by atoms with Crippen LogP contribution in [0.5, 0.6) is 5.75 Å². The lowest BCUT2D eigenvalue weighted by Gasteiger charge is -2.23. The van der Waals surface area contributed by atoms with E-state index in [2.05, 4.69) is 0 Å². The summed E-state index contributed by atoms with van der Waals surface area (Å²) in [5, 5.41) is 2.00. The number of rotatable bonds is 4. The van der Waals surface area contributed by atoms with Crippen LogP contribution < -0.4 is 4.74 Å². The van der Waals surface area contributed by atoms with Gasteiger partial charge in [0, 0.05) is 18.5 Å². The molecule has 0 N–H and O–H groups in total. The minimum absolute atomic E-state index is 0.0451. The minimum Gasteiger partial charge on any atom is -0.483 e. The maximum Gasteiger partial charge on any atom is 0.260 e. The monoisotopic (exact) mass is 333 g/mol. The summed E-state index contributed by atoms with van der Waals surface area (Å²) in [5.74, 6) is 0.645. The van der Waals surface area contributed by atoms with Gasteiger partial charge in [0.2, 0.25) is 0 Å². The average Bonchev–Trinajstić information content (AvgIpc) is 2.91. The fraction of sp³-hybridized carbons (Fsp3) is 0.353. The fourth-order valence-corrected chi connectivity index (χ4v) is 4.62. The molecule has 6 heteroatoms. The van der Waals surface area contributed by atoms with Crippen molar-refractivity contribution in [3.63, 3.8) is 0 Å². The van der Waals surface area contributed by atoms with Crippen LogP contribution in [0.3, 0.4) is 0 Å². The topological polar surface area (TPSA) is 63.7 Å². The van der Waals surface area contributed by atoms with E-state index >= 15 is 0 Å². The van der Waals surface area contributed by atoms with Crippen LogP contribution in [0.2, 0.25) is 0 Å². The fourth-order valence-electron chi connectivity index (χ4n) is 2.85. The van der Waals surface area contributed by atoms with Gasteiger partial charge < -0.3 is 9.64 Å². The SMILES string of the molecule is CN(C(=O)COc1cccc2ccccc12)C1CCS(=O)(=O)C1. The Bertz CT molecular complexity index is 826. The minimum atomic E-state index is -3.00. The summed E-state index contributed by atoms with van der Waals surface area (Å²) in [6, 6.07) is 13.3. The third-order valence-electron chi connectivity index (χ3n) is 4.25. The molecule has 0 aliphatic carbocycles. The molecule has 2 aromatic rings. The number of amides is 1. The standard InChI is InChI=1S/C17H19NO4S/c1-18(14-9-10-23(20,21)12-14)17(19)11-22-16-8-4-6-13-5-2-3-7-15(13)16/h2-8,14H,9-12H2,1H3. The lowest BCUT2D eigenvalue weighted by atomic mass is 10.1. The van der Waals surface area contributed by atoms with Crippen molar-refractivity contribution in [3.05, 3.63) is 42.5 Å². The Morgan fingerprint density at radius 1 is 1.22 bits per heavy atom. The van der Waals surface area contributed by atoms with E-state index in [0.717, 1.165) is 10.8 Å². The van der Waals surface area contributed by atoms with Gasteiger partial charge in [-0.25, -0.2) is 8.42 Å². The first-order valence-electron chi connectivity index (χ1n) is 7.53. The summed E-state index contributed by atoms with van der Waals surface area (Å²) in [5.41, 5.74) is 0. The van der Waals surface area contributed by atoms with Gasteiger partial charge in [0.1, 0.15) is 5.75 Å². The van der Waals surface area contributed by atoms with Gasteiger partial charge in [-0.3, -0.25) is 4.79 Å². The van der Waals surface area contributed by atoms with Crippen molar-refractivity contribution in [3.8, 4) is 5.75 Å². The van der Waals surface area contributed by atoms with Crippen LogP contribution in [0, 0.1) is 0 Å². The molecule has 0 aromatic heterocycles. The number of carbonyl (C=O) groups excluding carboxylic acids is 1. The molecule has 1 unspecified atom stereocenters. The largest absolute Gasteiger partial charge is 0.483 e. The third kappa shape index (κ3) is 3.47. The van der Waals surface area contributed by atoms with Crippen molar-refractivity contribution in [2.75, 3.05) is 25.2 Å². The molecule has 1 saturated heterocycles. The van der Waals surface area contributed by atoms with Gasteiger partial charge in [0.05, 0.1) is 11.5 Å². The molecule has 1 atom stereocenters. The molecule has 0 radical (unpaired) electrons. The second-order valence-electron chi connectivity index (χ2n) is 5.83. The smallest absolute Gasteiger partial charge is 0.260 e. The molecule has 2 aromatic carbocycles. The van der Waals surface area contributed by atoms with Crippen molar-refractivity contribution in [2.45, 2.75) is 12.5 Å². The van der Waals surface area contributed by atoms with Gasteiger partial charge in [0.15, 0.2) is 16.4 Å². The first kappa shape index (κ1) is 15.8. The Hall–Kier alpha value is -2.08. The van der Waals surface area contributed by atoms with E-state index in [1.807, 2.05) is 42.5 Å². The number of benzene rings is 2. The number of nitrogens with zero attached hydrogens (tertiary/aromatic N) is 1. The summed E-state index contributed by atoms with van der Waals surface area (Å²) >= 11 is 0. The molecule has 23 heavy (non-hydrogen) atoms. The number of fused-ring (bicyclic) bond motifs is 1. The lowest BCUT2D eigenvalue weighted by Crippen LogP contribution is -2.40. The highest BCUT2D eigenvalue weighted by molar-refractivity contribution is 7.91. The summed E-state index contributed by atoms with van der Waals surface area (Å²) in [6.45, 7) is -0.0962. The molecule has 1 aliphatic rings. The number of hydrogen-bond donors (Lipinski definition) is 0. The predicted molar refractivity (Wildman–Crippen MR) is 89.3 cm³/mol. The molecule has 0 spiro atoms. The third-order valence-corrected chi connectivity index (χ3v) is 6.00. The molecule has 1 fully saturated rings. The summed E-state index contributed by atoms with van der Waals surface area (Å²) < 4.78 is 28.7. The van der Waals surface area contributed by atoms with Gasteiger partial charge in [-0.05, 0) is 17.9 Å². The predicted octanol–water partition coefficient (Wildman–Crippen LogP) is 1.86. The Labute approximate surface area is 135 Å². The zero-order valence-corrected chi connectivity index (χ0v) is 13.8.